The number of benzene rings is 1. The average molecular weight is 376 g/mol. The van der Waals surface area contributed by atoms with Crippen molar-refractivity contribution in [2.24, 2.45) is 0 Å². The van der Waals surface area contributed by atoms with E-state index in [0.717, 1.165) is 4.90 Å². The fraction of sp³-hybridized carbons (Fsp3) is 0.526. The van der Waals surface area contributed by atoms with E-state index >= 15 is 0 Å². The molecule has 1 aromatic carbocycles. The Morgan fingerprint density at radius 3 is 2.30 bits per heavy atom. The summed E-state index contributed by atoms with van der Waals surface area (Å²) in [4.78, 5) is 41.2. The Balaban J connectivity index is 1.62. The first-order valence-electron chi connectivity index (χ1n) is 9.14. The van der Waals surface area contributed by atoms with Gasteiger partial charge in [-0.05, 0) is 45.0 Å². The third kappa shape index (κ3) is 4.21. The third-order valence-corrected chi connectivity index (χ3v) is 4.80. The zero-order valence-electron chi connectivity index (χ0n) is 15.9. The lowest BCUT2D eigenvalue weighted by Gasteiger charge is -2.35. The second kappa shape index (κ2) is 7.19. The molecule has 1 aromatic rings. The monoisotopic (exact) mass is 376 g/mol. The van der Waals surface area contributed by atoms with Crippen molar-refractivity contribution >= 4 is 23.6 Å². The lowest BCUT2D eigenvalue weighted by atomic mass is 10.1. The number of nitrogens with one attached hydrogen (secondary N) is 1. The SMILES string of the molecule is CC(C)(C)OC(=O)N1CC[NH+]([C@@H]2CC(=O)N(c3ccc(O)cc3)C2=O)CC1. The topological polar surface area (TPSA) is 91.6 Å². The van der Waals surface area contributed by atoms with Crippen molar-refractivity contribution in [2.45, 2.75) is 38.8 Å². The minimum Gasteiger partial charge on any atom is -0.508 e. The number of ether oxygens (including phenoxy) is 1. The zero-order valence-corrected chi connectivity index (χ0v) is 15.9. The summed E-state index contributed by atoms with van der Waals surface area (Å²) in [7, 11) is 0. The van der Waals surface area contributed by atoms with Gasteiger partial charge in [0.25, 0.3) is 5.91 Å². The normalized spacial score (nSPS) is 21.7. The van der Waals surface area contributed by atoms with E-state index in [-0.39, 0.29) is 30.1 Å². The van der Waals surface area contributed by atoms with Crippen LogP contribution >= 0.6 is 0 Å². The second-order valence-corrected chi connectivity index (χ2v) is 7.97. The Morgan fingerprint density at radius 2 is 1.74 bits per heavy atom. The van der Waals surface area contributed by atoms with E-state index in [4.69, 9.17) is 4.74 Å². The van der Waals surface area contributed by atoms with Crippen LogP contribution in [0.1, 0.15) is 27.2 Å². The van der Waals surface area contributed by atoms with Crippen molar-refractivity contribution in [3.63, 3.8) is 0 Å². The van der Waals surface area contributed by atoms with Crippen LogP contribution in [0.3, 0.4) is 0 Å². The number of quaternary nitrogens is 1. The van der Waals surface area contributed by atoms with Crippen molar-refractivity contribution in [3.05, 3.63) is 24.3 Å². The maximum absolute atomic E-state index is 12.8. The van der Waals surface area contributed by atoms with Crippen LogP contribution < -0.4 is 9.80 Å². The molecule has 0 aliphatic carbocycles. The highest BCUT2D eigenvalue weighted by atomic mass is 16.6. The van der Waals surface area contributed by atoms with Crippen molar-refractivity contribution < 1.29 is 29.1 Å². The number of carbonyl (C=O) groups excluding carboxylic acids is 3. The molecule has 2 fully saturated rings. The minimum absolute atomic E-state index is 0.0817. The van der Waals surface area contributed by atoms with Gasteiger partial charge in [0.1, 0.15) is 11.4 Å². The number of phenolic OH excluding ortho intramolecular Hbond substituents is 1. The largest absolute Gasteiger partial charge is 0.508 e. The number of amides is 3. The number of carbonyl (C=O) groups is 3. The van der Waals surface area contributed by atoms with Gasteiger partial charge < -0.3 is 14.7 Å². The minimum atomic E-state index is -0.542. The molecule has 0 saturated carbocycles. The molecule has 146 valence electrons. The van der Waals surface area contributed by atoms with Crippen LogP contribution in [-0.2, 0) is 14.3 Å². The molecule has 8 nitrogen and oxygen atoms in total. The van der Waals surface area contributed by atoms with Crippen LogP contribution in [0, 0.1) is 0 Å². The summed E-state index contributed by atoms with van der Waals surface area (Å²) in [6.45, 7) is 7.63. The van der Waals surface area contributed by atoms with Gasteiger partial charge in [0, 0.05) is 0 Å². The first-order valence-corrected chi connectivity index (χ1v) is 9.14. The number of hydrogen-bond donors (Lipinski definition) is 2. The summed E-state index contributed by atoms with van der Waals surface area (Å²) in [5.74, 6) is -0.387. The van der Waals surface area contributed by atoms with Crippen LogP contribution in [0.15, 0.2) is 24.3 Å². The maximum Gasteiger partial charge on any atom is 0.410 e. The molecule has 2 saturated heterocycles. The molecule has 2 aliphatic heterocycles. The van der Waals surface area contributed by atoms with E-state index in [1.54, 1.807) is 17.0 Å². The number of rotatable bonds is 2. The Kier molecular flexibility index (Phi) is 5.10. The lowest BCUT2D eigenvalue weighted by Crippen LogP contribution is -3.19. The van der Waals surface area contributed by atoms with Gasteiger partial charge in [0.2, 0.25) is 5.91 Å². The van der Waals surface area contributed by atoms with E-state index in [9.17, 15) is 19.5 Å². The highest BCUT2D eigenvalue weighted by Gasteiger charge is 2.46. The molecule has 27 heavy (non-hydrogen) atoms. The molecule has 0 aromatic heterocycles. The Hall–Kier alpha value is -2.61. The number of anilines is 1. The molecular weight excluding hydrogens is 350 g/mol. The molecule has 1 atom stereocenters. The molecule has 3 rings (SSSR count). The lowest BCUT2D eigenvalue weighted by molar-refractivity contribution is -0.918. The Morgan fingerprint density at radius 1 is 1.15 bits per heavy atom. The van der Waals surface area contributed by atoms with Gasteiger partial charge in [-0.2, -0.15) is 0 Å². The molecular formula is C19H26N3O5+. The highest BCUT2D eigenvalue weighted by molar-refractivity contribution is 6.21. The van der Waals surface area contributed by atoms with Gasteiger partial charge in [-0.15, -0.1) is 0 Å². The maximum atomic E-state index is 12.8. The molecule has 0 bridgehead atoms. The molecule has 2 aliphatic rings. The van der Waals surface area contributed by atoms with Crippen LogP contribution in [-0.4, -0.2) is 65.7 Å². The molecule has 2 heterocycles. The van der Waals surface area contributed by atoms with E-state index in [2.05, 4.69) is 0 Å². The van der Waals surface area contributed by atoms with Crippen LogP contribution in [0.4, 0.5) is 10.5 Å². The molecule has 0 spiro atoms. The van der Waals surface area contributed by atoms with Gasteiger partial charge in [-0.3, -0.25) is 14.5 Å². The van der Waals surface area contributed by atoms with Crippen LogP contribution in [0.25, 0.3) is 0 Å². The highest BCUT2D eigenvalue weighted by Crippen LogP contribution is 2.24. The average Bonchev–Trinajstić information content (AvgIpc) is 2.89. The number of nitrogens with zero attached hydrogens (tertiary/aromatic N) is 2. The Labute approximate surface area is 158 Å². The fourth-order valence-corrected chi connectivity index (χ4v) is 3.48. The van der Waals surface area contributed by atoms with E-state index in [1.807, 2.05) is 20.8 Å². The number of phenols is 1. The van der Waals surface area contributed by atoms with Crippen LogP contribution in [0.2, 0.25) is 0 Å². The molecule has 3 amide bonds. The number of hydrogen-bond acceptors (Lipinski definition) is 5. The van der Waals surface area contributed by atoms with Crippen molar-refractivity contribution in [1.29, 1.82) is 0 Å². The van der Waals surface area contributed by atoms with Crippen molar-refractivity contribution in [2.75, 3.05) is 31.1 Å². The summed E-state index contributed by atoms with van der Waals surface area (Å²) >= 11 is 0. The van der Waals surface area contributed by atoms with Gasteiger partial charge in [-0.1, -0.05) is 0 Å². The van der Waals surface area contributed by atoms with Gasteiger partial charge in [0.15, 0.2) is 6.04 Å². The first-order chi connectivity index (χ1) is 12.7. The first kappa shape index (κ1) is 19.2. The summed E-state index contributed by atoms with van der Waals surface area (Å²) in [6.07, 6.45) is -0.192. The summed E-state index contributed by atoms with van der Waals surface area (Å²) < 4.78 is 5.39. The second-order valence-electron chi connectivity index (χ2n) is 7.97. The van der Waals surface area contributed by atoms with Crippen LogP contribution in [0.5, 0.6) is 5.75 Å². The summed E-state index contributed by atoms with van der Waals surface area (Å²) in [6, 6.07) is 5.59. The predicted molar refractivity (Wildman–Crippen MR) is 97.5 cm³/mol. The van der Waals surface area contributed by atoms with Gasteiger partial charge in [-0.25, -0.2) is 9.69 Å². The standard InChI is InChI=1S/C19H25N3O5/c1-19(2,3)27-18(26)21-10-8-20(9-11-21)15-12-16(24)22(17(15)25)13-4-6-14(23)7-5-13/h4-7,15,23H,8-12H2,1-3H3/p+1/t15-/m1/s1. The molecule has 0 unspecified atom stereocenters. The fourth-order valence-electron chi connectivity index (χ4n) is 3.48. The van der Waals surface area contributed by atoms with Crippen molar-refractivity contribution in [3.8, 4) is 5.75 Å². The molecule has 2 N–H and O–H groups in total. The predicted octanol–water partition coefficient (Wildman–Crippen LogP) is 0.160. The Bertz CT molecular complexity index is 733. The van der Waals surface area contributed by atoms with Crippen molar-refractivity contribution in [1.82, 2.24) is 4.90 Å². The third-order valence-electron chi connectivity index (χ3n) is 4.80. The van der Waals surface area contributed by atoms with E-state index in [0.29, 0.717) is 31.9 Å². The quantitative estimate of drug-likeness (QED) is 0.718. The zero-order chi connectivity index (χ0) is 19.8. The van der Waals surface area contributed by atoms with E-state index in [1.165, 1.54) is 17.0 Å². The number of piperazine rings is 1. The number of aromatic hydroxyl groups is 1. The smallest absolute Gasteiger partial charge is 0.410 e. The summed E-state index contributed by atoms with van der Waals surface area (Å²) in [5, 5.41) is 9.39. The summed E-state index contributed by atoms with van der Waals surface area (Å²) in [5.41, 5.74) is -0.0726. The van der Waals surface area contributed by atoms with Gasteiger partial charge >= 0.3 is 6.09 Å². The molecule has 0 radical (unpaired) electrons. The van der Waals surface area contributed by atoms with Gasteiger partial charge in [0.05, 0.1) is 38.3 Å². The van der Waals surface area contributed by atoms with E-state index < -0.39 is 11.6 Å². The number of imide groups is 1. The molecule has 8 heteroatoms.